The van der Waals surface area contributed by atoms with E-state index in [2.05, 4.69) is 25.5 Å². The van der Waals surface area contributed by atoms with E-state index in [4.69, 9.17) is 8.92 Å². The number of hydrogen-bond donors (Lipinski definition) is 3. The zero-order chi connectivity index (χ0) is 21.0. The second kappa shape index (κ2) is 9.00. The first kappa shape index (κ1) is 20.6. The van der Waals surface area contributed by atoms with Gasteiger partial charge in [0.15, 0.2) is 4.21 Å². The summed E-state index contributed by atoms with van der Waals surface area (Å²) in [5.74, 6) is 0.399. The number of urea groups is 1. The monoisotopic (exact) mass is 451 g/mol. The standard InChI is InChI=1S/C18H21N5O5S2/c24-18(19-5-6-23-7-9-27-10-8-23)22-17-20-14-4-3-13(12-15(14)21-17)28-30(25,26)16-2-1-11-29-16/h1-4,11-12H,5-10H2,(H3,19,20,21,22,24). The molecule has 0 spiro atoms. The Morgan fingerprint density at radius 3 is 2.90 bits per heavy atom. The minimum Gasteiger partial charge on any atom is -0.379 e. The van der Waals surface area contributed by atoms with Crippen LogP contribution in [-0.2, 0) is 14.9 Å². The summed E-state index contributed by atoms with van der Waals surface area (Å²) in [4.78, 5) is 21.6. The maximum Gasteiger partial charge on any atom is 0.348 e. The van der Waals surface area contributed by atoms with Crippen LogP contribution in [-0.4, -0.2) is 68.7 Å². The minimum atomic E-state index is -3.88. The van der Waals surface area contributed by atoms with Crippen LogP contribution in [0.3, 0.4) is 0 Å². The zero-order valence-corrected chi connectivity index (χ0v) is 17.6. The molecule has 1 aliphatic heterocycles. The van der Waals surface area contributed by atoms with Gasteiger partial charge in [-0.05, 0) is 23.6 Å². The van der Waals surface area contributed by atoms with Crippen LogP contribution in [0.15, 0.2) is 39.9 Å². The second-order valence-corrected chi connectivity index (χ2v) is 9.29. The van der Waals surface area contributed by atoms with E-state index >= 15 is 0 Å². The van der Waals surface area contributed by atoms with Crippen LogP contribution in [0.1, 0.15) is 0 Å². The number of fused-ring (bicyclic) bond motifs is 1. The number of H-pyrrole nitrogens is 1. The molecule has 0 unspecified atom stereocenters. The van der Waals surface area contributed by atoms with E-state index in [1.807, 2.05) is 0 Å². The smallest absolute Gasteiger partial charge is 0.348 e. The quantitative estimate of drug-likeness (QED) is 0.468. The molecular formula is C18H21N5O5S2. The Balaban J connectivity index is 1.34. The van der Waals surface area contributed by atoms with Crippen molar-refractivity contribution in [1.29, 1.82) is 0 Å². The summed E-state index contributed by atoms with van der Waals surface area (Å²) < 4.78 is 35.1. The third-order valence-corrected chi connectivity index (χ3v) is 7.05. The first-order valence-corrected chi connectivity index (χ1v) is 11.6. The van der Waals surface area contributed by atoms with Crippen molar-refractivity contribution in [2.45, 2.75) is 4.21 Å². The summed E-state index contributed by atoms with van der Waals surface area (Å²) in [5, 5.41) is 7.09. The summed E-state index contributed by atoms with van der Waals surface area (Å²) in [6.45, 7) is 4.40. The predicted octanol–water partition coefficient (Wildman–Crippen LogP) is 1.85. The molecule has 160 valence electrons. The van der Waals surface area contributed by atoms with Crippen molar-refractivity contribution in [2.24, 2.45) is 0 Å². The van der Waals surface area contributed by atoms with Crippen LogP contribution < -0.4 is 14.8 Å². The molecule has 12 heteroatoms. The number of aromatic amines is 1. The van der Waals surface area contributed by atoms with Gasteiger partial charge in [0.05, 0.1) is 24.2 Å². The van der Waals surface area contributed by atoms with Gasteiger partial charge in [-0.25, -0.2) is 9.78 Å². The first-order chi connectivity index (χ1) is 14.5. The Hall–Kier alpha value is -2.67. The molecule has 0 aliphatic carbocycles. The largest absolute Gasteiger partial charge is 0.379 e. The van der Waals surface area contributed by atoms with Gasteiger partial charge < -0.3 is 19.2 Å². The normalized spacial score (nSPS) is 15.2. The topological polar surface area (TPSA) is 126 Å². The fraction of sp³-hybridized carbons (Fsp3) is 0.333. The number of imidazole rings is 1. The number of amides is 2. The molecule has 10 nitrogen and oxygen atoms in total. The number of ether oxygens (including phenoxy) is 1. The Labute approximate surface area is 177 Å². The molecule has 2 aromatic heterocycles. The number of nitrogens with zero attached hydrogens (tertiary/aromatic N) is 2. The lowest BCUT2D eigenvalue weighted by molar-refractivity contribution is 0.0388. The molecule has 0 radical (unpaired) electrons. The van der Waals surface area contributed by atoms with Crippen LogP contribution in [0, 0.1) is 0 Å². The maximum atomic E-state index is 12.2. The molecular weight excluding hydrogens is 430 g/mol. The number of hydrogen-bond acceptors (Lipinski definition) is 8. The molecule has 30 heavy (non-hydrogen) atoms. The summed E-state index contributed by atoms with van der Waals surface area (Å²) in [5.41, 5.74) is 1.11. The van der Waals surface area contributed by atoms with Crippen molar-refractivity contribution in [3.8, 4) is 5.75 Å². The number of aromatic nitrogens is 2. The van der Waals surface area contributed by atoms with Crippen molar-refractivity contribution in [3.05, 3.63) is 35.7 Å². The number of nitrogens with one attached hydrogen (secondary N) is 3. The molecule has 0 atom stereocenters. The lowest BCUT2D eigenvalue weighted by Crippen LogP contribution is -2.42. The van der Waals surface area contributed by atoms with Crippen molar-refractivity contribution < 1.29 is 22.1 Å². The van der Waals surface area contributed by atoms with E-state index < -0.39 is 10.1 Å². The van der Waals surface area contributed by atoms with Gasteiger partial charge in [0.25, 0.3) is 0 Å². The molecule has 3 N–H and O–H groups in total. The van der Waals surface area contributed by atoms with Crippen molar-refractivity contribution in [3.63, 3.8) is 0 Å². The fourth-order valence-corrected chi connectivity index (χ4v) is 4.85. The average molecular weight is 452 g/mol. The van der Waals surface area contributed by atoms with Gasteiger partial charge in [-0.3, -0.25) is 10.2 Å². The van der Waals surface area contributed by atoms with Crippen LogP contribution in [0.25, 0.3) is 11.0 Å². The molecule has 3 aromatic rings. The third-order valence-electron chi connectivity index (χ3n) is 4.45. The highest BCUT2D eigenvalue weighted by Gasteiger charge is 2.18. The molecule has 1 saturated heterocycles. The number of anilines is 1. The zero-order valence-electron chi connectivity index (χ0n) is 16.0. The van der Waals surface area contributed by atoms with E-state index in [-0.39, 0.29) is 21.9 Å². The van der Waals surface area contributed by atoms with Gasteiger partial charge in [0.2, 0.25) is 5.95 Å². The van der Waals surface area contributed by atoms with E-state index in [1.165, 1.54) is 18.2 Å². The number of morpholine rings is 1. The molecule has 4 rings (SSSR count). The average Bonchev–Trinajstić information content (AvgIpc) is 3.38. The Bertz CT molecular complexity index is 1110. The predicted molar refractivity (Wildman–Crippen MR) is 113 cm³/mol. The summed E-state index contributed by atoms with van der Waals surface area (Å²) in [7, 11) is -3.88. The van der Waals surface area contributed by atoms with Gasteiger partial charge in [-0.15, -0.1) is 11.3 Å². The SMILES string of the molecule is O=C(NCCN1CCOCC1)Nc1nc2cc(OS(=O)(=O)c3cccs3)ccc2[nH]1. The van der Waals surface area contributed by atoms with Crippen molar-refractivity contribution in [1.82, 2.24) is 20.2 Å². The van der Waals surface area contributed by atoms with Gasteiger partial charge in [0.1, 0.15) is 5.75 Å². The molecule has 0 bridgehead atoms. The van der Waals surface area contributed by atoms with E-state index in [0.717, 1.165) is 31.0 Å². The molecule has 0 saturated carbocycles. The van der Waals surface area contributed by atoms with E-state index in [9.17, 15) is 13.2 Å². The molecule has 2 amide bonds. The molecule has 3 heterocycles. The highest BCUT2D eigenvalue weighted by molar-refractivity contribution is 7.89. The Kier molecular flexibility index (Phi) is 6.18. The number of carbonyl (C=O) groups excluding carboxylic acids is 1. The molecule has 1 aromatic carbocycles. The fourth-order valence-electron chi connectivity index (χ4n) is 2.97. The van der Waals surface area contributed by atoms with Crippen LogP contribution in [0.2, 0.25) is 0 Å². The summed E-state index contributed by atoms with van der Waals surface area (Å²) in [6.07, 6.45) is 0. The highest BCUT2D eigenvalue weighted by Crippen LogP contribution is 2.25. The van der Waals surface area contributed by atoms with Gasteiger partial charge >= 0.3 is 16.1 Å². The van der Waals surface area contributed by atoms with E-state index in [0.29, 0.717) is 30.8 Å². The molecule has 1 aliphatic rings. The number of thiophene rings is 1. The number of rotatable bonds is 7. The van der Waals surface area contributed by atoms with Gasteiger partial charge in [0, 0.05) is 32.2 Å². The lowest BCUT2D eigenvalue weighted by Gasteiger charge is -2.26. The number of benzene rings is 1. The van der Waals surface area contributed by atoms with Crippen molar-refractivity contribution in [2.75, 3.05) is 44.7 Å². The second-order valence-electron chi connectivity index (χ2n) is 6.57. The van der Waals surface area contributed by atoms with Crippen LogP contribution in [0.5, 0.6) is 5.75 Å². The van der Waals surface area contributed by atoms with Crippen LogP contribution >= 0.6 is 11.3 Å². The molecule has 1 fully saturated rings. The summed E-state index contributed by atoms with van der Waals surface area (Å²) >= 11 is 1.08. The van der Waals surface area contributed by atoms with E-state index in [1.54, 1.807) is 17.5 Å². The number of carbonyl (C=O) groups is 1. The third kappa shape index (κ3) is 5.08. The van der Waals surface area contributed by atoms with Gasteiger partial charge in [-0.1, -0.05) is 6.07 Å². The van der Waals surface area contributed by atoms with Crippen molar-refractivity contribution >= 4 is 44.5 Å². The Morgan fingerprint density at radius 1 is 1.30 bits per heavy atom. The maximum absolute atomic E-state index is 12.2. The first-order valence-electron chi connectivity index (χ1n) is 9.32. The lowest BCUT2D eigenvalue weighted by atomic mass is 10.3. The highest BCUT2D eigenvalue weighted by atomic mass is 32.3. The van der Waals surface area contributed by atoms with Gasteiger partial charge in [-0.2, -0.15) is 8.42 Å². The van der Waals surface area contributed by atoms with Crippen LogP contribution in [0.4, 0.5) is 10.7 Å². The Morgan fingerprint density at radius 2 is 2.13 bits per heavy atom. The summed E-state index contributed by atoms with van der Waals surface area (Å²) in [6, 6.07) is 7.41. The minimum absolute atomic E-state index is 0.126.